The van der Waals surface area contributed by atoms with E-state index in [2.05, 4.69) is 57.6 Å². The first kappa shape index (κ1) is 63.0. The number of ketones is 2. The summed E-state index contributed by atoms with van der Waals surface area (Å²) in [5.74, 6) is -4.32. The lowest BCUT2D eigenvalue weighted by Crippen LogP contribution is -2.53. The number of amides is 6. The van der Waals surface area contributed by atoms with Crippen LogP contribution >= 0.6 is 0 Å². The summed E-state index contributed by atoms with van der Waals surface area (Å²) in [7, 11) is 6.24. The Morgan fingerprint density at radius 2 is 1.65 bits per heavy atom. The highest BCUT2D eigenvalue weighted by Gasteiger charge is 2.52. The Hall–Kier alpha value is -6.81. The predicted molar refractivity (Wildman–Crippen MR) is 285 cm³/mol. The van der Waals surface area contributed by atoms with E-state index in [0.717, 1.165) is 31.7 Å². The summed E-state index contributed by atoms with van der Waals surface area (Å²) < 4.78 is 32.8. The fourth-order valence-electron chi connectivity index (χ4n) is 9.85. The molecule has 2 aliphatic carbocycles. The number of hydrogen-bond donors (Lipinski definition) is 11. The Morgan fingerprint density at radius 1 is 0.937 bits per heavy atom. The highest BCUT2D eigenvalue weighted by molar-refractivity contribution is 6.31. The van der Waals surface area contributed by atoms with Crippen LogP contribution in [0.5, 0.6) is 17.2 Å². The molecular formula is C54H76N8O17. The van der Waals surface area contributed by atoms with E-state index in [0.29, 0.717) is 44.1 Å². The summed E-state index contributed by atoms with van der Waals surface area (Å²) in [6, 6.07) is 10.7. The molecule has 12 N–H and O–H groups in total. The zero-order valence-electron chi connectivity index (χ0n) is 45.7. The fourth-order valence-corrected chi connectivity index (χ4v) is 9.85. The van der Waals surface area contributed by atoms with E-state index in [4.69, 9.17) is 34.2 Å². The predicted octanol–water partition coefficient (Wildman–Crippen LogP) is 0.989. The number of hydrogen-bond acceptors (Lipinski definition) is 19. The molecule has 3 aromatic rings. The van der Waals surface area contributed by atoms with Gasteiger partial charge in [-0.25, -0.2) is 4.79 Å². The number of aliphatic hydroxyl groups is 2. The average molecular weight is 1110 g/mol. The number of benzene rings is 3. The molecule has 8 rings (SSSR count). The lowest BCUT2D eigenvalue weighted by atomic mass is 9.72. The second-order valence-electron chi connectivity index (χ2n) is 19.2. The summed E-state index contributed by atoms with van der Waals surface area (Å²) in [5, 5.41) is 59.0. The van der Waals surface area contributed by atoms with Gasteiger partial charge in [0.25, 0.3) is 5.91 Å². The molecule has 8 atom stereocenters. The van der Waals surface area contributed by atoms with Gasteiger partial charge in [-0.15, -0.1) is 0 Å². The maximum atomic E-state index is 13.3. The number of morpholine rings is 1. The Bertz CT molecular complexity index is 2610. The van der Waals surface area contributed by atoms with Crippen molar-refractivity contribution in [3.05, 3.63) is 81.4 Å². The van der Waals surface area contributed by atoms with Crippen molar-refractivity contribution in [1.82, 2.24) is 31.5 Å². The van der Waals surface area contributed by atoms with E-state index < -0.39 is 76.7 Å². The number of methoxy groups -OCH3 is 3. The zero-order chi connectivity index (χ0) is 58.0. The Morgan fingerprint density at radius 3 is 2.29 bits per heavy atom. The van der Waals surface area contributed by atoms with Gasteiger partial charge in [-0.3, -0.25) is 33.7 Å². The van der Waals surface area contributed by atoms with Crippen molar-refractivity contribution in [3.63, 3.8) is 0 Å². The van der Waals surface area contributed by atoms with E-state index in [9.17, 15) is 54.0 Å². The number of aromatic hydroxyl groups is 2. The first-order valence-electron chi connectivity index (χ1n) is 26.1. The minimum Gasteiger partial charge on any atom is -0.507 e. The van der Waals surface area contributed by atoms with Crippen LogP contribution in [-0.4, -0.2) is 184 Å². The number of primary amides is 1. The second-order valence-corrected chi connectivity index (χ2v) is 19.2. The second kappa shape index (κ2) is 30.0. The largest absolute Gasteiger partial charge is 0.507 e. The van der Waals surface area contributed by atoms with E-state index in [1.165, 1.54) is 31.7 Å². The van der Waals surface area contributed by atoms with Crippen LogP contribution in [0.1, 0.15) is 108 Å². The van der Waals surface area contributed by atoms with Crippen LogP contribution in [0.15, 0.2) is 42.5 Å². The number of carbonyl (C=O) groups is 7. The van der Waals surface area contributed by atoms with Gasteiger partial charge in [0.2, 0.25) is 24.0 Å². The van der Waals surface area contributed by atoms with Crippen molar-refractivity contribution in [2.24, 2.45) is 5.73 Å². The van der Waals surface area contributed by atoms with Gasteiger partial charge in [0, 0.05) is 88.3 Å². The third-order valence-corrected chi connectivity index (χ3v) is 13.4. The van der Waals surface area contributed by atoms with E-state index >= 15 is 0 Å². The van der Waals surface area contributed by atoms with Crippen molar-refractivity contribution in [2.45, 2.75) is 114 Å². The van der Waals surface area contributed by atoms with Gasteiger partial charge in [-0.05, 0) is 57.0 Å². The molecular weight excluding hydrogens is 1030 g/mol. The van der Waals surface area contributed by atoms with Gasteiger partial charge in [-0.1, -0.05) is 44.5 Å². The van der Waals surface area contributed by atoms with Crippen LogP contribution in [-0.2, 0) is 55.9 Å². The number of anilines is 1. The van der Waals surface area contributed by atoms with Crippen LogP contribution in [0.25, 0.3) is 0 Å². The maximum Gasteiger partial charge on any atom is 0.312 e. The number of phenolic OH excluding ortho intramolecular Hbond substituents is 2. The Kier molecular flexibility index (Phi) is 23.9. The monoisotopic (exact) mass is 1110 g/mol. The summed E-state index contributed by atoms with van der Waals surface area (Å²) >= 11 is 0. The summed E-state index contributed by atoms with van der Waals surface area (Å²) in [6.45, 7) is 9.82. The minimum atomic E-state index is -2.19. The Balaban J connectivity index is 0.000000225. The first-order valence-corrected chi connectivity index (χ1v) is 26.1. The molecule has 0 radical (unpaired) electrons. The number of urea groups is 1. The number of phenols is 2. The van der Waals surface area contributed by atoms with Crippen molar-refractivity contribution < 1.29 is 82.4 Å². The standard InChI is InChI=1S/C23H22N2O9.C17H27N5O4.C11H19NO4.C3H8/c1-34-13-4-2-3-10-15(13)21(31)17-16(18(10)28)19(29)11-7-23(33,8-12(27)14(11)20(17)30)22(32)25-6-5-24-9-26;1-19-10-15(23)22-14(4-3-9-20-17(18)25)16(24)21-13-7-5-12(6-8-13)11-26-2;1-7-9-8(3-5-14-7)12-4-6-15-11(13-2)10(12)16-9;1-3-2/h2-4,9,12,27,29-30,33H,5-8H2,1H3,(H,24,26)(H,25,32);5-8,14,19H,3-4,9-11H2,1-2H3,(H,21,24)(H,22,23)(H3,18,20,25);7-11H,3-6H2,1-2H3;3H2,1-2H3/t12?,23-;;7?,8?,9?,10-,11?;/m0.1./s1. The molecule has 0 saturated carbocycles. The molecule has 0 spiro atoms. The fraction of sp³-hybridized carbons (Fsp3) is 0.537. The number of rotatable bonds is 18. The van der Waals surface area contributed by atoms with Gasteiger partial charge in [0.05, 0.1) is 55.8 Å². The van der Waals surface area contributed by atoms with Gasteiger partial charge in [0.15, 0.2) is 18.3 Å². The van der Waals surface area contributed by atoms with Gasteiger partial charge >= 0.3 is 6.03 Å². The van der Waals surface area contributed by atoms with Crippen LogP contribution < -0.4 is 42.4 Å². The summed E-state index contributed by atoms with van der Waals surface area (Å²) in [4.78, 5) is 86.8. The lowest BCUT2D eigenvalue weighted by molar-refractivity contribution is -0.246. The normalized spacial score (nSPS) is 22.7. The van der Waals surface area contributed by atoms with Crippen LogP contribution in [0.4, 0.5) is 10.5 Å². The number of aliphatic hydroxyl groups excluding tert-OH is 1. The molecule has 6 amide bonds. The quantitative estimate of drug-likeness (QED) is 0.0376. The molecule has 3 fully saturated rings. The van der Waals surface area contributed by atoms with Crippen molar-refractivity contribution in [3.8, 4) is 17.2 Å². The number of ether oxygens (including phenoxy) is 6. The lowest BCUT2D eigenvalue weighted by Gasteiger charge is -2.37. The molecule has 6 unspecified atom stereocenters. The first-order chi connectivity index (χ1) is 37.8. The molecule has 79 heavy (non-hydrogen) atoms. The van der Waals surface area contributed by atoms with Gasteiger partial charge < -0.3 is 86.5 Å². The average Bonchev–Trinajstić information content (AvgIpc) is 3.93. The molecule has 0 bridgehead atoms. The van der Waals surface area contributed by atoms with E-state index in [1.807, 2.05) is 12.1 Å². The zero-order valence-corrected chi connectivity index (χ0v) is 45.7. The van der Waals surface area contributed by atoms with Crippen molar-refractivity contribution >= 4 is 47.4 Å². The molecule has 3 aliphatic heterocycles. The van der Waals surface area contributed by atoms with Crippen LogP contribution in [0.2, 0.25) is 0 Å². The molecule has 25 heteroatoms. The van der Waals surface area contributed by atoms with E-state index in [-0.39, 0.29) is 84.2 Å². The molecule has 3 heterocycles. The van der Waals surface area contributed by atoms with Crippen LogP contribution in [0, 0.1) is 0 Å². The SMILES string of the molecule is CCC.CNCC(=O)NC(CCCNC(N)=O)C(=O)Nc1ccc(COC)cc1.COC1OCCN2C3CCOC(C)C3O[C@H]12.COc1cccc2c1C(=O)c1c(O)c3c(c(O)c1C2=O)C[C@@](O)(C(=O)NCCNC=O)CC3O. The molecule has 5 aliphatic rings. The Labute approximate surface area is 458 Å². The smallest absolute Gasteiger partial charge is 0.312 e. The topological polar surface area (TPSA) is 357 Å². The number of nitrogens with one attached hydrogen (secondary N) is 6. The van der Waals surface area contributed by atoms with Gasteiger partial charge in [-0.2, -0.15) is 0 Å². The van der Waals surface area contributed by atoms with Crippen LogP contribution in [0.3, 0.4) is 0 Å². The molecule has 434 valence electrons. The summed E-state index contributed by atoms with van der Waals surface area (Å²) in [6.07, 6.45) is 0.901. The highest BCUT2D eigenvalue weighted by atomic mass is 16.7. The third kappa shape index (κ3) is 15.5. The third-order valence-electron chi connectivity index (χ3n) is 13.4. The number of fused-ring (bicyclic) bond motifs is 6. The number of nitrogens with zero attached hydrogens (tertiary/aromatic N) is 1. The van der Waals surface area contributed by atoms with Crippen molar-refractivity contribution in [1.29, 1.82) is 0 Å². The van der Waals surface area contributed by atoms with E-state index in [1.54, 1.807) is 33.4 Å². The number of carbonyl (C=O) groups excluding carboxylic acids is 7. The molecule has 3 saturated heterocycles. The van der Waals surface area contributed by atoms with Gasteiger partial charge in [0.1, 0.15) is 35.0 Å². The molecule has 25 nitrogen and oxygen atoms in total. The number of nitrogens with two attached hydrogens (primary N) is 1. The minimum absolute atomic E-state index is 0.00411. The molecule has 0 aromatic heterocycles. The summed E-state index contributed by atoms with van der Waals surface area (Å²) in [5.41, 5.74) is 2.90. The van der Waals surface area contributed by atoms with Crippen molar-refractivity contribution in [2.75, 3.05) is 79.6 Å². The molecule has 3 aromatic carbocycles. The maximum absolute atomic E-state index is 13.3. The number of likely N-dealkylation sites (N-methyl/N-ethyl adjacent to an activating group) is 1. The highest BCUT2D eigenvalue weighted by Crippen LogP contribution is 2.51.